The summed E-state index contributed by atoms with van der Waals surface area (Å²) in [4.78, 5) is 29.3. The summed E-state index contributed by atoms with van der Waals surface area (Å²) in [5, 5.41) is 2.93. The number of nitrogens with zero attached hydrogens (tertiary/aromatic N) is 3. The molecule has 2 amide bonds. The van der Waals surface area contributed by atoms with E-state index < -0.39 is 0 Å². The lowest BCUT2D eigenvalue weighted by atomic mass is 10.1. The van der Waals surface area contributed by atoms with Gasteiger partial charge in [0.25, 0.3) is 5.91 Å². The minimum atomic E-state index is -0.0944. The van der Waals surface area contributed by atoms with Gasteiger partial charge in [0.2, 0.25) is 5.91 Å². The van der Waals surface area contributed by atoms with E-state index in [1.807, 2.05) is 24.8 Å². The van der Waals surface area contributed by atoms with E-state index in [0.29, 0.717) is 32.7 Å². The second-order valence-electron chi connectivity index (χ2n) is 7.21. The van der Waals surface area contributed by atoms with Gasteiger partial charge in [-0.1, -0.05) is 0 Å². The highest BCUT2D eigenvalue weighted by Crippen LogP contribution is 2.20. The molecule has 0 spiro atoms. The van der Waals surface area contributed by atoms with Gasteiger partial charge in [0, 0.05) is 64.4 Å². The van der Waals surface area contributed by atoms with E-state index in [0.717, 1.165) is 43.0 Å². The lowest BCUT2D eigenvalue weighted by molar-refractivity contribution is -0.128. The zero-order valence-electron chi connectivity index (χ0n) is 16.1. The Morgan fingerprint density at radius 3 is 2.85 bits per heavy atom. The molecule has 0 aliphatic carbocycles. The van der Waals surface area contributed by atoms with Crippen molar-refractivity contribution >= 4 is 11.8 Å². The molecule has 0 saturated carbocycles. The number of ether oxygens (including phenoxy) is 1. The SMILES string of the molecule is COCCCn1c(C)cc(C(=O)N2CCC3C(=O)NCCN3CC2)c1C. The van der Waals surface area contributed by atoms with Crippen LogP contribution >= 0.6 is 0 Å². The minimum absolute atomic E-state index is 0.0800. The Bertz CT molecular complexity index is 670. The maximum Gasteiger partial charge on any atom is 0.255 e. The Kier molecular flexibility index (Phi) is 5.98. The van der Waals surface area contributed by atoms with Gasteiger partial charge in [-0.25, -0.2) is 0 Å². The first-order valence-corrected chi connectivity index (χ1v) is 9.49. The van der Waals surface area contributed by atoms with Crippen molar-refractivity contribution < 1.29 is 14.3 Å². The molecule has 7 nitrogen and oxygen atoms in total. The number of hydrogen-bond donors (Lipinski definition) is 1. The van der Waals surface area contributed by atoms with Crippen LogP contribution in [-0.4, -0.2) is 78.7 Å². The van der Waals surface area contributed by atoms with E-state index in [2.05, 4.69) is 14.8 Å². The van der Waals surface area contributed by atoms with E-state index in [9.17, 15) is 9.59 Å². The van der Waals surface area contributed by atoms with Gasteiger partial charge in [0.15, 0.2) is 0 Å². The molecule has 26 heavy (non-hydrogen) atoms. The lowest BCUT2D eigenvalue weighted by Crippen LogP contribution is -2.55. The summed E-state index contributed by atoms with van der Waals surface area (Å²) in [6.07, 6.45) is 1.63. The third-order valence-electron chi connectivity index (χ3n) is 5.59. The molecule has 1 unspecified atom stereocenters. The molecule has 0 bridgehead atoms. The van der Waals surface area contributed by atoms with Crippen LogP contribution in [-0.2, 0) is 16.1 Å². The zero-order chi connectivity index (χ0) is 18.7. The third-order valence-corrected chi connectivity index (χ3v) is 5.59. The fourth-order valence-corrected chi connectivity index (χ4v) is 4.08. The van der Waals surface area contributed by atoms with Crippen LogP contribution in [0.3, 0.4) is 0 Å². The van der Waals surface area contributed by atoms with Crippen LogP contribution in [0.5, 0.6) is 0 Å². The summed E-state index contributed by atoms with van der Waals surface area (Å²) in [5.74, 6) is 0.179. The Morgan fingerprint density at radius 1 is 1.27 bits per heavy atom. The highest BCUT2D eigenvalue weighted by Gasteiger charge is 2.33. The van der Waals surface area contributed by atoms with Gasteiger partial charge in [-0.2, -0.15) is 0 Å². The average molecular weight is 362 g/mol. The molecule has 144 valence electrons. The molecule has 0 aromatic carbocycles. The number of aromatic nitrogens is 1. The van der Waals surface area contributed by atoms with Crippen molar-refractivity contribution in [1.29, 1.82) is 0 Å². The summed E-state index contributed by atoms with van der Waals surface area (Å²) in [6, 6.07) is 1.90. The molecular formula is C19H30N4O3. The van der Waals surface area contributed by atoms with E-state index >= 15 is 0 Å². The van der Waals surface area contributed by atoms with Crippen molar-refractivity contribution in [2.75, 3.05) is 46.4 Å². The Morgan fingerprint density at radius 2 is 2.08 bits per heavy atom. The van der Waals surface area contributed by atoms with Crippen LogP contribution in [0.25, 0.3) is 0 Å². The Labute approximate surface area is 155 Å². The van der Waals surface area contributed by atoms with Gasteiger partial charge < -0.3 is 19.5 Å². The highest BCUT2D eigenvalue weighted by atomic mass is 16.5. The van der Waals surface area contributed by atoms with Crippen molar-refractivity contribution in [1.82, 2.24) is 19.7 Å². The minimum Gasteiger partial charge on any atom is -0.385 e. The molecule has 3 rings (SSSR count). The molecule has 2 aliphatic rings. The van der Waals surface area contributed by atoms with Crippen molar-refractivity contribution in [3.63, 3.8) is 0 Å². The van der Waals surface area contributed by atoms with Crippen LogP contribution in [0, 0.1) is 13.8 Å². The van der Waals surface area contributed by atoms with Gasteiger partial charge in [0.05, 0.1) is 11.6 Å². The number of hydrogen-bond acceptors (Lipinski definition) is 4. The number of carbonyl (C=O) groups is 2. The first-order valence-electron chi connectivity index (χ1n) is 9.49. The number of piperazine rings is 1. The van der Waals surface area contributed by atoms with Crippen molar-refractivity contribution in [3.8, 4) is 0 Å². The van der Waals surface area contributed by atoms with E-state index in [4.69, 9.17) is 4.74 Å². The first-order chi connectivity index (χ1) is 12.5. The maximum atomic E-state index is 13.1. The first kappa shape index (κ1) is 18.9. The molecule has 0 radical (unpaired) electrons. The monoisotopic (exact) mass is 362 g/mol. The van der Waals surface area contributed by atoms with Crippen LogP contribution in [0.4, 0.5) is 0 Å². The predicted molar refractivity (Wildman–Crippen MR) is 99.3 cm³/mol. The number of aryl methyl sites for hydroxylation is 1. The van der Waals surface area contributed by atoms with Crippen LogP contribution in [0.2, 0.25) is 0 Å². The molecule has 3 heterocycles. The van der Waals surface area contributed by atoms with Gasteiger partial charge in [-0.05, 0) is 32.8 Å². The summed E-state index contributed by atoms with van der Waals surface area (Å²) in [6.45, 7) is 9.26. The summed E-state index contributed by atoms with van der Waals surface area (Å²) < 4.78 is 7.33. The maximum absolute atomic E-state index is 13.1. The molecule has 2 fully saturated rings. The number of amides is 2. The van der Waals surface area contributed by atoms with Crippen LogP contribution < -0.4 is 5.32 Å². The topological polar surface area (TPSA) is 66.8 Å². The quantitative estimate of drug-likeness (QED) is 0.787. The number of nitrogens with one attached hydrogen (secondary N) is 1. The van der Waals surface area contributed by atoms with Crippen molar-refractivity contribution in [2.24, 2.45) is 0 Å². The fraction of sp³-hybridized carbons (Fsp3) is 0.684. The summed E-state index contributed by atoms with van der Waals surface area (Å²) >= 11 is 0. The van der Waals surface area contributed by atoms with Crippen molar-refractivity contribution in [2.45, 2.75) is 39.3 Å². The average Bonchev–Trinajstić information content (AvgIpc) is 2.80. The largest absolute Gasteiger partial charge is 0.385 e. The van der Waals surface area contributed by atoms with Crippen molar-refractivity contribution in [3.05, 3.63) is 23.0 Å². The predicted octanol–water partition coefficient (Wildman–Crippen LogP) is 0.788. The van der Waals surface area contributed by atoms with Gasteiger partial charge >= 0.3 is 0 Å². The van der Waals surface area contributed by atoms with E-state index in [1.165, 1.54) is 0 Å². The number of fused-ring (bicyclic) bond motifs is 1. The smallest absolute Gasteiger partial charge is 0.255 e. The molecule has 1 aromatic heterocycles. The number of methoxy groups -OCH3 is 1. The molecular weight excluding hydrogens is 332 g/mol. The fourth-order valence-electron chi connectivity index (χ4n) is 4.08. The standard InChI is InChI=1S/C19H30N4O3/c1-14-13-16(15(2)23(14)7-4-12-26-3)19(25)22-8-5-17-18(24)20-6-9-21(17)10-11-22/h13,17H,4-12H2,1-3H3,(H,20,24). The molecule has 7 heteroatoms. The summed E-state index contributed by atoms with van der Waals surface area (Å²) in [7, 11) is 1.71. The second kappa shape index (κ2) is 8.22. The molecule has 2 saturated heterocycles. The number of rotatable bonds is 5. The molecule has 2 aliphatic heterocycles. The van der Waals surface area contributed by atoms with E-state index in [1.54, 1.807) is 7.11 Å². The molecule has 1 aromatic rings. The second-order valence-corrected chi connectivity index (χ2v) is 7.21. The molecule has 1 N–H and O–H groups in total. The Balaban J connectivity index is 1.71. The van der Waals surface area contributed by atoms with Crippen LogP contribution in [0.15, 0.2) is 6.07 Å². The normalized spacial score (nSPS) is 21.3. The third kappa shape index (κ3) is 3.78. The zero-order valence-corrected chi connectivity index (χ0v) is 16.1. The molecule has 1 atom stereocenters. The lowest BCUT2D eigenvalue weighted by Gasteiger charge is -2.32. The number of carbonyl (C=O) groups excluding carboxylic acids is 2. The van der Waals surface area contributed by atoms with Gasteiger partial charge in [-0.3, -0.25) is 14.5 Å². The van der Waals surface area contributed by atoms with E-state index in [-0.39, 0.29) is 17.9 Å². The highest BCUT2D eigenvalue weighted by molar-refractivity contribution is 5.96. The van der Waals surface area contributed by atoms with Gasteiger partial charge in [-0.15, -0.1) is 0 Å². The Hall–Kier alpha value is -1.86. The summed E-state index contributed by atoms with van der Waals surface area (Å²) in [5.41, 5.74) is 2.90. The van der Waals surface area contributed by atoms with Crippen LogP contribution in [0.1, 0.15) is 34.6 Å². The van der Waals surface area contributed by atoms with Gasteiger partial charge in [0.1, 0.15) is 0 Å².